The first-order chi connectivity index (χ1) is 14.8. The lowest BCUT2D eigenvalue weighted by Gasteiger charge is -2.15. The number of amides is 1. The summed E-state index contributed by atoms with van der Waals surface area (Å²) >= 11 is 6.14. The summed E-state index contributed by atoms with van der Waals surface area (Å²) in [6.07, 6.45) is 1.74. The fourth-order valence-corrected chi connectivity index (χ4v) is 3.12. The second-order valence-electron chi connectivity index (χ2n) is 6.29. The zero-order valence-corrected chi connectivity index (χ0v) is 16.4. The maximum absolute atomic E-state index is 13.8. The van der Waals surface area contributed by atoms with Crippen molar-refractivity contribution in [3.63, 3.8) is 0 Å². The van der Waals surface area contributed by atoms with Crippen molar-refractivity contribution in [2.24, 2.45) is 0 Å². The van der Waals surface area contributed by atoms with Gasteiger partial charge in [0.05, 0.1) is 41.1 Å². The third-order valence-corrected chi connectivity index (χ3v) is 4.49. The highest BCUT2D eigenvalue weighted by Gasteiger charge is 2.40. The Bertz CT molecular complexity index is 1250. The first-order valence-electron chi connectivity index (χ1n) is 8.66. The number of aromatic nitrogens is 7. The summed E-state index contributed by atoms with van der Waals surface area (Å²) < 4.78 is 42.3. The van der Waals surface area contributed by atoms with Gasteiger partial charge in [-0.05, 0) is 30.7 Å². The van der Waals surface area contributed by atoms with Crippen LogP contribution in [0.15, 0.2) is 49.2 Å². The minimum absolute atomic E-state index is 0.0327. The fraction of sp³-hybridized carbons (Fsp3) is 0.111. The number of rotatable bonds is 4. The van der Waals surface area contributed by atoms with Crippen LogP contribution < -0.4 is 5.32 Å². The SMILES string of the molecule is Cc1ccnnc1-n1ccc(C(=O)Nc2cnc(-n3nccn3)c(Cl)c2)c1C(F)(F)F. The maximum atomic E-state index is 13.8. The molecule has 0 aliphatic heterocycles. The molecule has 4 aromatic rings. The van der Waals surface area contributed by atoms with E-state index in [-0.39, 0.29) is 22.3 Å². The smallest absolute Gasteiger partial charge is 0.320 e. The van der Waals surface area contributed by atoms with Crippen molar-refractivity contribution in [2.45, 2.75) is 13.1 Å². The highest BCUT2D eigenvalue weighted by molar-refractivity contribution is 6.32. The number of carbonyl (C=O) groups is 1. The second kappa shape index (κ2) is 7.80. The number of nitrogens with zero attached hydrogens (tertiary/aromatic N) is 7. The molecule has 4 heterocycles. The van der Waals surface area contributed by atoms with Gasteiger partial charge in [-0.2, -0.15) is 28.5 Å². The van der Waals surface area contributed by atoms with Gasteiger partial charge >= 0.3 is 6.18 Å². The van der Waals surface area contributed by atoms with Crippen molar-refractivity contribution in [1.82, 2.24) is 34.7 Å². The Labute approximate surface area is 177 Å². The number of anilines is 1. The molecule has 1 amide bonds. The largest absolute Gasteiger partial charge is 0.432 e. The average molecular weight is 449 g/mol. The number of pyridine rings is 1. The Balaban J connectivity index is 1.68. The molecule has 0 fully saturated rings. The van der Waals surface area contributed by atoms with Crippen molar-refractivity contribution < 1.29 is 18.0 Å². The monoisotopic (exact) mass is 448 g/mol. The van der Waals surface area contributed by atoms with Crippen LogP contribution in [0, 0.1) is 6.92 Å². The number of nitrogens with one attached hydrogen (secondary N) is 1. The zero-order chi connectivity index (χ0) is 22.2. The lowest BCUT2D eigenvalue weighted by molar-refractivity contribution is -0.142. The summed E-state index contributed by atoms with van der Waals surface area (Å²) in [5.41, 5.74) is -1.21. The van der Waals surface area contributed by atoms with Crippen LogP contribution >= 0.6 is 11.6 Å². The van der Waals surface area contributed by atoms with Crippen LogP contribution in [-0.4, -0.2) is 40.6 Å². The molecule has 0 aromatic carbocycles. The minimum Gasteiger partial charge on any atom is -0.320 e. The minimum atomic E-state index is -4.83. The van der Waals surface area contributed by atoms with Crippen LogP contribution in [0.1, 0.15) is 21.6 Å². The Kier molecular flexibility index (Phi) is 5.15. The van der Waals surface area contributed by atoms with E-state index in [9.17, 15) is 18.0 Å². The molecule has 0 saturated heterocycles. The maximum Gasteiger partial charge on any atom is 0.432 e. The van der Waals surface area contributed by atoms with E-state index in [4.69, 9.17) is 11.6 Å². The van der Waals surface area contributed by atoms with Gasteiger partial charge in [0, 0.05) is 6.20 Å². The number of alkyl halides is 3. The molecule has 0 aliphatic carbocycles. The van der Waals surface area contributed by atoms with Crippen LogP contribution in [0.2, 0.25) is 5.02 Å². The van der Waals surface area contributed by atoms with Crippen LogP contribution in [0.3, 0.4) is 0 Å². The van der Waals surface area contributed by atoms with E-state index in [1.165, 1.54) is 41.7 Å². The number of hydrogen-bond donors (Lipinski definition) is 1. The Morgan fingerprint density at radius 1 is 1.13 bits per heavy atom. The summed E-state index contributed by atoms with van der Waals surface area (Å²) in [4.78, 5) is 17.9. The van der Waals surface area contributed by atoms with Gasteiger partial charge in [-0.1, -0.05) is 11.6 Å². The number of carbonyl (C=O) groups excluding carboxylic acids is 1. The van der Waals surface area contributed by atoms with Crippen molar-refractivity contribution in [2.75, 3.05) is 5.32 Å². The van der Waals surface area contributed by atoms with E-state index in [2.05, 4.69) is 30.7 Å². The standard InChI is InChI=1S/C18H12ClF3N8O/c1-10-2-4-24-28-15(10)29-7-3-12(14(29)18(20,21)22)17(31)27-11-8-13(19)16(23-9-11)30-25-5-6-26-30/h2-9H,1H3,(H,27,31). The lowest BCUT2D eigenvalue weighted by Crippen LogP contribution is -2.21. The van der Waals surface area contributed by atoms with Crippen LogP contribution in [0.5, 0.6) is 0 Å². The lowest BCUT2D eigenvalue weighted by atomic mass is 10.2. The molecule has 13 heteroatoms. The van der Waals surface area contributed by atoms with E-state index in [0.29, 0.717) is 5.56 Å². The predicted octanol–water partition coefficient (Wildman–Crippen LogP) is 3.48. The molecule has 1 N–H and O–H groups in total. The van der Waals surface area contributed by atoms with Crippen LogP contribution in [0.4, 0.5) is 18.9 Å². The van der Waals surface area contributed by atoms with E-state index in [1.54, 1.807) is 6.92 Å². The topological polar surface area (TPSA) is 103 Å². The number of halogens is 4. The zero-order valence-electron chi connectivity index (χ0n) is 15.7. The second-order valence-corrected chi connectivity index (χ2v) is 6.69. The van der Waals surface area contributed by atoms with E-state index in [0.717, 1.165) is 16.8 Å². The normalized spacial score (nSPS) is 11.5. The van der Waals surface area contributed by atoms with Crippen molar-refractivity contribution in [3.8, 4) is 11.6 Å². The Morgan fingerprint density at radius 2 is 1.87 bits per heavy atom. The quantitative estimate of drug-likeness (QED) is 0.512. The van der Waals surface area contributed by atoms with Crippen molar-refractivity contribution >= 4 is 23.2 Å². The average Bonchev–Trinajstić information content (AvgIpc) is 3.38. The summed E-state index contributed by atoms with van der Waals surface area (Å²) in [5, 5.41) is 17.7. The molecular formula is C18H12ClF3N8O. The molecule has 0 spiro atoms. The number of hydrogen-bond acceptors (Lipinski definition) is 6. The number of aryl methyl sites for hydroxylation is 1. The predicted molar refractivity (Wildman–Crippen MR) is 103 cm³/mol. The van der Waals surface area contributed by atoms with Crippen molar-refractivity contribution in [3.05, 3.63) is 71.0 Å². The molecule has 0 bridgehead atoms. The molecule has 0 atom stereocenters. The van der Waals surface area contributed by atoms with Gasteiger partial charge in [-0.3, -0.25) is 9.36 Å². The Morgan fingerprint density at radius 3 is 2.52 bits per heavy atom. The summed E-state index contributed by atoms with van der Waals surface area (Å²) in [6.45, 7) is 1.59. The molecule has 0 unspecified atom stereocenters. The van der Waals surface area contributed by atoms with E-state index >= 15 is 0 Å². The Hall–Kier alpha value is -3.80. The van der Waals surface area contributed by atoms with Gasteiger partial charge in [-0.25, -0.2) is 4.98 Å². The highest BCUT2D eigenvalue weighted by atomic mass is 35.5. The molecule has 9 nitrogen and oxygen atoms in total. The molecule has 0 aliphatic rings. The van der Waals surface area contributed by atoms with Gasteiger partial charge in [0.2, 0.25) is 0 Å². The van der Waals surface area contributed by atoms with Gasteiger partial charge in [0.1, 0.15) is 5.69 Å². The van der Waals surface area contributed by atoms with Gasteiger partial charge in [-0.15, -0.1) is 9.90 Å². The van der Waals surface area contributed by atoms with Gasteiger partial charge in [0.15, 0.2) is 11.6 Å². The first-order valence-corrected chi connectivity index (χ1v) is 9.04. The highest BCUT2D eigenvalue weighted by Crippen LogP contribution is 2.35. The first kappa shape index (κ1) is 20.5. The van der Waals surface area contributed by atoms with Gasteiger partial charge in [0.25, 0.3) is 5.91 Å². The fourth-order valence-electron chi connectivity index (χ4n) is 2.88. The molecule has 31 heavy (non-hydrogen) atoms. The summed E-state index contributed by atoms with van der Waals surface area (Å²) in [6, 6.07) is 3.91. The molecule has 4 rings (SSSR count). The molecule has 4 aromatic heterocycles. The van der Waals surface area contributed by atoms with Crippen LogP contribution in [0.25, 0.3) is 11.6 Å². The molecule has 158 valence electrons. The molecule has 0 radical (unpaired) electrons. The summed E-state index contributed by atoms with van der Waals surface area (Å²) in [5.74, 6) is -0.824. The van der Waals surface area contributed by atoms with E-state index in [1.807, 2.05) is 0 Å². The third kappa shape index (κ3) is 3.97. The van der Waals surface area contributed by atoms with E-state index < -0.39 is 23.3 Å². The van der Waals surface area contributed by atoms with Crippen molar-refractivity contribution in [1.29, 1.82) is 0 Å². The van der Waals surface area contributed by atoms with Crippen LogP contribution in [-0.2, 0) is 6.18 Å². The summed E-state index contributed by atoms with van der Waals surface area (Å²) in [7, 11) is 0. The third-order valence-electron chi connectivity index (χ3n) is 4.21. The molecular weight excluding hydrogens is 437 g/mol. The molecule has 0 saturated carbocycles. The van der Waals surface area contributed by atoms with Gasteiger partial charge < -0.3 is 5.32 Å².